The summed E-state index contributed by atoms with van der Waals surface area (Å²) < 4.78 is 0. The molecule has 104 valence electrons. The van der Waals surface area contributed by atoms with Crippen molar-refractivity contribution in [3.05, 3.63) is 23.8 Å². The van der Waals surface area contributed by atoms with Gasteiger partial charge in [0.25, 0.3) is 0 Å². The van der Waals surface area contributed by atoms with Gasteiger partial charge in [-0.25, -0.2) is 0 Å². The molecule has 19 heavy (non-hydrogen) atoms. The van der Waals surface area contributed by atoms with Gasteiger partial charge in [-0.3, -0.25) is 0 Å². The summed E-state index contributed by atoms with van der Waals surface area (Å²) in [5.41, 5.74) is 4.24. The maximum Gasteiger partial charge on any atom is 0.0610 e. The molecule has 2 heterocycles. The van der Waals surface area contributed by atoms with Crippen LogP contribution in [0.3, 0.4) is 0 Å². The zero-order chi connectivity index (χ0) is 13.2. The molecule has 3 rings (SSSR count). The molecule has 0 saturated carbocycles. The number of hydrogen-bond acceptors (Lipinski definition) is 3. The minimum absolute atomic E-state index is 0.814. The Kier molecular flexibility index (Phi) is 3.65. The summed E-state index contributed by atoms with van der Waals surface area (Å²) in [6.45, 7) is 4.78. The Labute approximate surface area is 116 Å². The number of benzene rings is 1. The minimum atomic E-state index is 0.814. The summed E-state index contributed by atoms with van der Waals surface area (Å²) in [5.74, 6) is 0.814. The number of anilines is 2. The largest absolute Gasteiger partial charge is 0.383 e. The van der Waals surface area contributed by atoms with Crippen LogP contribution in [0.5, 0.6) is 0 Å². The number of nitrogens with one attached hydrogen (secondary N) is 1. The van der Waals surface area contributed by atoms with Crippen LogP contribution in [0, 0.1) is 5.92 Å². The number of para-hydroxylation sites is 1. The van der Waals surface area contributed by atoms with Gasteiger partial charge >= 0.3 is 0 Å². The van der Waals surface area contributed by atoms with E-state index in [1.54, 1.807) is 0 Å². The van der Waals surface area contributed by atoms with Crippen LogP contribution in [0.25, 0.3) is 0 Å². The first-order valence-electron chi connectivity index (χ1n) is 7.49. The van der Waals surface area contributed by atoms with E-state index < -0.39 is 0 Å². The average molecular weight is 259 g/mol. The smallest absolute Gasteiger partial charge is 0.0610 e. The van der Waals surface area contributed by atoms with Gasteiger partial charge in [0.15, 0.2) is 0 Å². The van der Waals surface area contributed by atoms with Crippen molar-refractivity contribution in [1.82, 2.24) is 4.90 Å². The molecule has 3 heteroatoms. The van der Waals surface area contributed by atoms with Crippen LogP contribution in [-0.2, 0) is 6.42 Å². The number of aryl methyl sites for hydroxylation is 1. The number of hydrogen-bond donors (Lipinski definition) is 1. The summed E-state index contributed by atoms with van der Waals surface area (Å²) in [6.07, 6.45) is 3.81. The lowest BCUT2D eigenvalue weighted by Gasteiger charge is -2.29. The Balaban J connectivity index is 1.74. The van der Waals surface area contributed by atoms with Gasteiger partial charge in [-0.2, -0.15) is 0 Å². The Hall–Kier alpha value is -1.22. The fourth-order valence-corrected chi connectivity index (χ4v) is 3.47. The van der Waals surface area contributed by atoms with Crippen LogP contribution in [0.4, 0.5) is 11.4 Å². The summed E-state index contributed by atoms with van der Waals surface area (Å²) >= 11 is 0. The van der Waals surface area contributed by atoms with E-state index in [2.05, 4.69) is 47.4 Å². The van der Waals surface area contributed by atoms with Crippen molar-refractivity contribution >= 4 is 11.4 Å². The summed E-state index contributed by atoms with van der Waals surface area (Å²) in [7, 11) is 4.47. The standard InChI is InChI=1S/C16H25N3/c1-18-10-8-13(11-18)12-19(2)15-7-3-5-14-6-4-9-17-16(14)15/h3,5,7,13,17H,4,6,8-12H2,1-2H3. The fraction of sp³-hybridized carbons (Fsp3) is 0.625. The summed E-state index contributed by atoms with van der Waals surface area (Å²) in [5, 5.41) is 3.59. The van der Waals surface area contributed by atoms with E-state index >= 15 is 0 Å². The summed E-state index contributed by atoms with van der Waals surface area (Å²) in [6, 6.07) is 6.73. The molecule has 1 saturated heterocycles. The second-order valence-corrected chi connectivity index (χ2v) is 6.14. The fourth-order valence-electron chi connectivity index (χ4n) is 3.47. The second kappa shape index (κ2) is 5.41. The number of fused-ring (bicyclic) bond motifs is 1. The monoisotopic (exact) mass is 259 g/mol. The van der Waals surface area contributed by atoms with E-state index in [9.17, 15) is 0 Å². The molecule has 0 radical (unpaired) electrons. The average Bonchev–Trinajstić information content (AvgIpc) is 2.83. The molecular weight excluding hydrogens is 234 g/mol. The van der Waals surface area contributed by atoms with Crippen LogP contribution < -0.4 is 10.2 Å². The molecule has 0 amide bonds. The normalized spacial score (nSPS) is 22.9. The molecule has 0 spiro atoms. The van der Waals surface area contributed by atoms with Crippen LogP contribution in [-0.4, -0.2) is 45.2 Å². The van der Waals surface area contributed by atoms with Crippen molar-refractivity contribution in [1.29, 1.82) is 0 Å². The van der Waals surface area contributed by atoms with Gasteiger partial charge in [-0.15, -0.1) is 0 Å². The molecule has 1 fully saturated rings. The SMILES string of the molecule is CN1CCC(CN(C)c2cccc3c2NCCC3)C1. The Morgan fingerprint density at radius 1 is 1.42 bits per heavy atom. The van der Waals surface area contributed by atoms with Gasteiger partial charge in [0.2, 0.25) is 0 Å². The van der Waals surface area contributed by atoms with Crippen LogP contribution in [0.1, 0.15) is 18.4 Å². The third kappa shape index (κ3) is 2.71. The highest BCUT2D eigenvalue weighted by Gasteiger charge is 2.22. The molecule has 0 bridgehead atoms. The Morgan fingerprint density at radius 3 is 3.11 bits per heavy atom. The van der Waals surface area contributed by atoms with Crippen LogP contribution >= 0.6 is 0 Å². The first kappa shape index (κ1) is 12.8. The predicted octanol–water partition coefficient (Wildman–Crippen LogP) is 2.43. The number of rotatable bonds is 3. The van der Waals surface area contributed by atoms with Crippen molar-refractivity contribution in [2.75, 3.05) is 50.5 Å². The Bertz CT molecular complexity index is 444. The zero-order valence-corrected chi connectivity index (χ0v) is 12.2. The lowest BCUT2D eigenvalue weighted by molar-refractivity contribution is 0.396. The van der Waals surface area contributed by atoms with Crippen LogP contribution in [0.15, 0.2) is 18.2 Å². The van der Waals surface area contributed by atoms with Crippen molar-refractivity contribution < 1.29 is 0 Å². The molecule has 0 aliphatic carbocycles. The quantitative estimate of drug-likeness (QED) is 0.899. The van der Waals surface area contributed by atoms with E-state index in [0.29, 0.717) is 0 Å². The lowest BCUT2D eigenvalue weighted by atomic mass is 10.0. The molecule has 0 aromatic heterocycles. The van der Waals surface area contributed by atoms with Gasteiger partial charge in [0.1, 0.15) is 0 Å². The molecule has 1 atom stereocenters. The highest BCUT2D eigenvalue weighted by atomic mass is 15.2. The first-order chi connectivity index (χ1) is 9.24. The van der Waals surface area contributed by atoms with Crippen molar-refractivity contribution in [2.45, 2.75) is 19.3 Å². The molecule has 1 aromatic rings. The van der Waals surface area contributed by atoms with E-state index in [0.717, 1.165) is 12.5 Å². The first-order valence-corrected chi connectivity index (χ1v) is 7.49. The molecule has 1 aromatic carbocycles. The highest BCUT2D eigenvalue weighted by Crippen LogP contribution is 2.33. The maximum absolute atomic E-state index is 3.59. The van der Waals surface area contributed by atoms with Gasteiger partial charge in [0, 0.05) is 26.7 Å². The number of likely N-dealkylation sites (tertiary alicyclic amines) is 1. The third-order valence-electron chi connectivity index (χ3n) is 4.49. The number of nitrogens with zero attached hydrogens (tertiary/aromatic N) is 2. The predicted molar refractivity (Wildman–Crippen MR) is 82.1 cm³/mol. The third-order valence-corrected chi connectivity index (χ3v) is 4.49. The van der Waals surface area contributed by atoms with E-state index in [1.807, 2.05) is 0 Å². The molecule has 1 unspecified atom stereocenters. The molecule has 2 aliphatic rings. The molecular formula is C16H25N3. The Morgan fingerprint density at radius 2 is 2.32 bits per heavy atom. The van der Waals surface area contributed by atoms with Crippen molar-refractivity contribution in [2.24, 2.45) is 5.92 Å². The van der Waals surface area contributed by atoms with Gasteiger partial charge in [0.05, 0.1) is 11.4 Å². The van der Waals surface area contributed by atoms with E-state index in [1.165, 1.54) is 55.8 Å². The van der Waals surface area contributed by atoms with Crippen molar-refractivity contribution in [3.8, 4) is 0 Å². The van der Waals surface area contributed by atoms with Gasteiger partial charge < -0.3 is 15.1 Å². The second-order valence-electron chi connectivity index (χ2n) is 6.14. The van der Waals surface area contributed by atoms with Crippen LogP contribution in [0.2, 0.25) is 0 Å². The van der Waals surface area contributed by atoms with E-state index in [-0.39, 0.29) is 0 Å². The zero-order valence-electron chi connectivity index (χ0n) is 12.2. The van der Waals surface area contributed by atoms with E-state index in [4.69, 9.17) is 0 Å². The highest BCUT2D eigenvalue weighted by molar-refractivity contribution is 5.74. The topological polar surface area (TPSA) is 18.5 Å². The van der Waals surface area contributed by atoms with Gasteiger partial charge in [-0.05, 0) is 50.4 Å². The molecule has 3 nitrogen and oxygen atoms in total. The van der Waals surface area contributed by atoms with Crippen molar-refractivity contribution in [3.63, 3.8) is 0 Å². The lowest BCUT2D eigenvalue weighted by Crippen LogP contribution is -2.28. The maximum atomic E-state index is 3.59. The minimum Gasteiger partial charge on any atom is -0.383 e. The molecule has 2 aliphatic heterocycles. The summed E-state index contributed by atoms with van der Waals surface area (Å²) in [4.78, 5) is 4.89. The molecule has 1 N–H and O–H groups in total. The van der Waals surface area contributed by atoms with Gasteiger partial charge in [-0.1, -0.05) is 12.1 Å².